The third-order valence-electron chi connectivity index (χ3n) is 9.06. The molecule has 2 aromatic carbocycles. The van der Waals surface area contributed by atoms with Crippen LogP contribution in [0.15, 0.2) is 72.8 Å². The molecule has 4 amide bonds. The van der Waals surface area contributed by atoms with Crippen molar-refractivity contribution >= 4 is 17.8 Å². The van der Waals surface area contributed by atoms with Crippen molar-refractivity contribution < 1.29 is 14.4 Å². The Hall–Kier alpha value is -4.24. The molecule has 1 aromatic heterocycles. The van der Waals surface area contributed by atoms with Crippen LogP contribution in [-0.2, 0) is 4.79 Å². The number of urea groups is 1. The van der Waals surface area contributed by atoms with Crippen molar-refractivity contribution in [1.82, 2.24) is 29.5 Å². The number of aromatic nitrogens is 1. The summed E-state index contributed by atoms with van der Waals surface area (Å²) < 4.78 is 0. The highest BCUT2D eigenvalue weighted by Gasteiger charge is 2.33. The van der Waals surface area contributed by atoms with E-state index in [9.17, 15) is 14.4 Å². The molecule has 0 radical (unpaired) electrons. The fourth-order valence-electron chi connectivity index (χ4n) is 6.48. The van der Waals surface area contributed by atoms with Crippen LogP contribution < -0.4 is 0 Å². The van der Waals surface area contributed by atoms with E-state index in [4.69, 9.17) is 4.98 Å². The molecule has 3 aliphatic heterocycles. The van der Waals surface area contributed by atoms with Crippen LogP contribution in [-0.4, -0.2) is 119 Å². The lowest BCUT2D eigenvalue weighted by Crippen LogP contribution is -2.57. The molecule has 43 heavy (non-hydrogen) atoms. The molecule has 3 fully saturated rings. The SMILES string of the molecule is CC(=O)N1CCN(C(=O)N2CCC(N3CCN(C(=O)c4cc(-c5ccccc5)nc(-c5ccccc5)c4)CC3)CC2)CC1. The summed E-state index contributed by atoms with van der Waals surface area (Å²) in [6.45, 7) is 8.54. The molecule has 0 atom stereocenters. The molecule has 0 bridgehead atoms. The summed E-state index contributed by atoms with van der Waals surface area (Å²) in [5.74, 6) is 0.117. The Morgan fingerprint density at radius 2 is 1.07 bits per heavy atom. The van der Waals surface area contributed by atoms with Gasteiger partial charge in [0, 0.05) is 95.1 Å². The Morgan fingerprint density at radius 1 is 0.605 bits per heavy atom. The van der Waals surface area contributed by atoms with Gasteiger partial charge < -0.3 is 19.6 Å². The van der Waals surface area contributed by atoms with Gasteiger partial charge in [0.1, 0.15) is 0 Å². The van der Waals surface area contributed by atoms with E-state index in [1.54, 1.807) is 11.8 Å². The molecule has 9 heteroatoms. The minimum Gasteiger partial charge on any atom is -0.339 e. The van der Waals surface area contributed by atoms with Gasteiger partial charge in [0.2, 0.25) is 5.91 Å². The lowest BCUT2D eigenvalue weighted by molar-refractivity contribution is -0.130. The third-order valence-corrected chi connectivity index (χ3v) is 9.06. The monoisotopic (exact) mass is 580 g/mol. The van der Waals surface area contributed by atoms with E-state index >= 15 is 0 Å². The lowest BCUT2D eigenvalue weighted by atomic mass is 10.0. The van der Waals surface area contributed by atoms with Gasteiger partial charge in [-0.25, -0.2) is 9.78 Å². The van der Waals surface area contributed by atoms with E-state index in [-0.39, 0.29) is 17.8 Å². The van der Waals surface area contributed by atoms with Gasteiger partial charge in [0.25, 0.3) is 5.91 Å². The van der Waals surface area contributed by atoms with E-state index in [0.29, 0.717) is 50.9 Å². The number of benzene rings is 2. The summed E-state index contributed by atoms with van der Waals surface area (Å²) in [6, 6.07) is 24.4. The summed E-state index contributed by atoms with van der Waals surface area (Å²) in [5.41, 5.74) is 4.23. The molecule has 6 rings (SSSR count). The van der Waals surface area contributed by atoms with Crippen molar-refractivity contribution in [1.29, 1.82) is 0 Å². The number of pyridine rings is 1. The first-order valence-corrected chi connectivity index (χ1v) is 15.4. The zero-order chi connectivity index (χ0) is 29.8. The predicted molar refractivity (Wildman–Crippen MR) is 166 cm³/mol. The summed E-state index contributed by atoms with van der Waals surface area (Å²) in [4.78, 5) is 53.5. The minimum absolute atomic E-state index is 0.0432. The quantitative estimate of drug-likeness (QED) is 0.468. The number of piperazine rings is 2. The summed E-state index contributed by atoms with van der Waals surface area (Å²) in [5, 5.41) is 0. The average Bonchev–Trinajstić information content (AvgIpc) is 3.08. The first-order valence-electron chi connectivity index (χ1n) is 15.4. The van der Waals surface area contributed by atoms with Gasteiger partial charge in [-0.05, 0) is 25.0 Å². The zero-order valence-corrected chi connectivity index (χ0v) is 24.9. The molecular weight excluding hydrogens is 540 g/mol. The number of likely N-dealkylation sites (tertiary alicyclic amines) is 1. The summed E-state index contributed by atoms with van der Waals surface area (Å²) >= 11 is 0. The van der Waals surface area contributed by atoms with Crippen LogP contribution in [0.3, 0.4) is 0 Å². The van der Waals surface area contributed by atoms with Crippen LogP contribution in [0.4, 0.5) is 4.79 Å². The minimum atomic E-state index is 0.0432. The maximum atomic E-state index is 13.8. The van der Waals surface area contributed by atoms with E-state index in [1.807, 2.05) is 87.5 Å². The van der Waals surface area contributed by atoms with Gasteiger partial charge in [-0.15, -0.1) is 0 Å². The second kappa shape index (κ2) is 13.0. The van der Waals surface area contributed by atoms with Crippen molar-refractivity contribution in [3.63, 3.8) is 0 Å². The number of hydrogen-bond acceptors (Lipinski definition) is 5. The fourth-order valence-corrected chi connectivity index (χ4v) is 6.48. The summed E-state index contributed by atoms with van der Waals surface area (Å²) in [7, 11) is 0. The molecular formula is C34H40N6O3. The number of amides is 4. The fraction of sp³-hybridized carbons (Fsp3) is 0.412. The van der Waals surface area contributed by atoms with Crippen molar-refractivity contribution in [3.05, 3.63) is 78.4 Å². The van der Waals surface area contributed by atoms with Crippen LogP contribution in [0, 0.1) is 0 Å². The molecule has 0 aliphatic carbocycles. The van der Waals surface area contributed by atoms with Crippen LogP contribution in [0.25, 0.3) is 22.5 Å². The summed E-state index contributed by atoms with van der Waals surface area (Å²) in [6.07, 6.45) is 1.89. The van der Waals surface area contributed by atoms with Crippen LogP contribution in [0.1, 0.15) is 30.1 Å². The molecule has 3 saturated heterocycles. The maximum absolute atomic E-state index is 13.8. The molecule has 4 heterocycles. The van der Waals surface area contributed by atoms with E-state index < -0.39 is 0 Å². The number of piperidine rings is 1. The molecule has 3 aliphatic rings. The second-order valence-corrected chi connectivity index (χ2v) is 11.7. The normalized spacial score (nSPS) is 18.5. The van der Waals surface area contributed by atoms with Crippen LogP contribution in [0.5, 0.6) is 0 Å². The Balaban J connectivity index is 1.05. The average molecular weight is 581 g/mol. The second-order valence-electron chi connectivity index (χ2n) is 11.7. The Bertz CT molecular complexity index is 1370. The van der Waals surface area contributed by atoms with Crippen molar-refractivity contribution in [2.45, 2.75) is 25.8 Å². The van der Waals surface area contributed by atoms with Crippen molar-refractivity contribution in [3.8, 4) is 22.5 Å². The Morgan fingerprint density at radius 3 is 1.58 bits per heavy atom. The number of carbonyl (C=O) groups excluding carboxylic acids is 3. The van der Waals surface area contributed by atoms with Gasteiger partial charge >= 0.3 is 6.03 Å². The van der Waals surface area contributed by atoms with Crippen molar-refractivity contribution in [2.75, 3.05) is 65.4 Å². The third kappa shape index (κ3) is 6.57. The number of hydrogen-bond donors (Lipinski definition) is 0. The number of rotatable bonds is 4. The largest absolute Gasteiger partial charge is 0.339 e. The Kier molecular flexibility index (Phi) is 8.69. The standard InChI is InChI=1S/C34H40N6O3/c1-26(41)36-16-22-40(23-17-36)34(43)39-14-12-30(13-15-39)37-18-20-38(21-19-37)33(42)29-24-31(27-8-4-2-5-9-27)35-32(25-29)28-10-6-3-7-11-28/h2-11,24-25,30H,12-23H2,1H3. The van der Waals surface area contributed by atoms with Gasteiger partial charge in [-0.2, -0.15) is 0 Å². The highest BCUT2D eigenvalue weighted by molar-refractivity contribution is 5.96. The predicted octanol–water partition coefficient (Wildman–Crippen LogP) is 3.92. The van der Waals surface area contributed by atoms with Gasteiger partial charge in [0.15, 0.2) is 0 Å². The molecule has 9 nitrogen and oxygen atoms in total. The molecule has 0 unspecified atom stereocenters. The first kappa shape index (κ1) is 28.9. The molecule has 224 valence electrons. The highest BCUT2D eigenvalue weighted by Crippen LogP contribution is 2.26. The topological polar surface area (TPSA) is 80.3 Å². The molecule has 0 spiro atoms. The van der Waals surface area contributed by atoms with Crippen LogP contribution >= 0.6 is 0 Å². The van der Waals surface area contributed by atoms with Gasteiger partial charge in [0.05, 0.1) is 11.4 Å². The van der Waals surface area contributed by atoms with E-state index in [2.05, 4.69) is 4.90 Å². The molecule has 0 saturated carbocycles. The van der Waals surface area contributed by atoms with Gasteiger partial charge in [-0.1, -0.05) is 60.7 Å². The molecule has 0 N–H and O–H groups in total. The maximum Gasteiger partial charge on any atom is 0.320 e. The van der Waals surface area contributed by atoms with E-state index in [0.717, 1.165) is 61.5 Å². The van der Waals surface area contributed by atoms with Gasteiger partial charge in [-0.3, -0.25) is 14.5 Å². The van der Waals surface area contributed by atoms with Crippen LogP contribution in [0.2, 0.25) is 0 Å². The van der Waals surface area contributed by atoms with E-state index in [1.165, 1.54) is 0 Å². The first-order chi connectivity index (χ1) is 21.0. The number of nitrogens with zero attached hydrogens (tertiary/aromatic N) is 6. The highest BCUT2D eigenvalue weighted by atomic mass is 16.2. The number of carbonyl (C=O) groups is 3. The lowest BCUT2D eigenvalue weighted by Gasteiger charge is -2.44. The van der Waals surface area contributed by atoms with Crippen molar-refractivity contribution in [2.24, 2.45) is 0 Å². The zero-order valence-electron chi connectivity index (χ0n) is 24.9. The smallest absolute Gasteiger partial charge is 0.320 e. The Labute approximate surface area is 253 Å². The molecule has 3 aromatic rings.